The summed E-state index contributed by atoms with van der Waals surface area (Å²) in [6.45, 7) is 3.91. The lowest BCUT2D eigenvalue weighted by molar-refractivity contribution is -0.134. The van der Waals surface area contributed by atoms with Crippen LogP contribution in [0.2, 0.25) is 0 Å². The van der Waals surface area contributed by atoms with Crippen molar-refractivity contribution in [2.45, 2.75) is 44.8 Å². The first kappa shape index (κ1) is 15.7. The number of benzene rings is 1. The number of carbonyl (C=O) groups is 1. The molecule has 1 aromatic carbocycles. The number of unbranched alkanes of at least 4 members (excludes halogenated alkanes) is 2. The van der Waals surface area contributed by atoms with Gasteiger partial charge in [-0.15, -0.1) is 5.92 Å². The third-order valence-electron chi connectivity index (χ3n) is 2.62. The number of hydrogen-bond acceptors (Lipinski definition) is 3. The maximum atomic E-state index is 11.4. The minimum atomic E-state index is -0.244. The van der Waals surface area contributed by atoms with Crippen LogP contribution >= 0.6 is 12.6 Å². The van der Waals surface area contributed by atoms with E-state index in [1.54, 1.807) is 13.0 Å². The van der Waals surface area contributed by atoms with Crippen molar-refractivity contribution in [1.82, 2.24) is 0 Å². The normalized spacial score (nSPS) is 11.3. The van der Waals surface area contributed by atoms with E-state index in [4.69, 9.17) is 4.74 Å². The largest absolute Gasteiger partial charge is 0.426 e. The molecule has 1 rings (SSSR count). The summed E-state index contributed by atoms with van der Waals surface area (Å²) in [5, 5.41) is -0.224. The van der Waals surface area contributed by atoms with Crippen LogP contribution in [0.4, 0.5) is 0 Å². The quantitative estimate of drug-likeness (QED) is 0.287. The minimum absolute atomic E-state index is 0.224. The summed E-state index contributed by atoms with van der Waals surface area (Å²) in [4.78, 5) is 11.4. The highest BCUT2D eigenvalue weighted by Crippen LogP contribution is 2.29. The van der Waals surface area contributed by atoms with E-state index in [2.05, 4.69) is 31.4 Å². The van der Waals surface area contributed by atoms with Crippen LogP contribution in [0.5, 0.6) is 5.75 Å². The molecule has 0 spiro atoms. The Morgan fingerprint density at radius 2 is 2.11 bits per heavy atom. The lowest BCUT2D eigenvalue weighted by Gasteiger charge is -2.11. The lowest BCUT2D eigenvalue weighted by Crippen LogP contribution is -2.07. The van der Waals surface area contributed by atoms with E-state index >= 15 is 0 Å². The van der Waals surface area contributed by atoms with Gasteiger partial charge in [-0.1, -0.05) is 44.4 Å². The molecule has 0 amide bonds. The third-order valence-corrected chi connectivity index (χ3v) is 3.03. The van der Waals surface area contributed by atoms with Gasteiger partial charge < -0.3 is 4.74 Å². The zero-order valence-corrected chi connectivity index (χ0v) is 12.4. The van der Waals surface area contributed by atoms with Crippen LogP contribution in [-0.2, 0) is 4.79 Å². The highest BCUT2D eigenvalue weighted by molar-refractivity contribution is 7.80. The molecular weight excluding hydrogens is 256 g/mol. The number of para-hydroxylation sites is 1. The van der Waals surface area contributed by atoms with Gasteiger partial charge in [0, 0.05) is 18.4 Å². The second-order valence-corrected chi connectivity index (χ2v) is 4.71. The van der Waals surface area contributed by atoms with Crippen LogP contribution < -0.4 is 4.74 Å². The molecule has 0 aliphatic heterocycles. The van der Waals surface area contributed by atoms with E-state index in [0.717, 1.165) is 24.8 Å². The van der Waals surface area contributed by atoms with Crippen molar-refractivity contribution >= 4 is 18.6 Å². The molecule has 0 aliphatic rings. The average Bonchev–Trinajstić information content (AvgIpc) is 2.43. The zero-order valence-electron chi connectivity index (χ0n) is 11.5. The summed E-state index contributed by atoms with van der Waals surface area (Å²) in [5.41, 5.74) is 0.844. The van der Waals surface area contributed by atoms with E-state index in [0.29, 0.717) is 12.2 Å². The Hall–Kier alpha value is -1.40. The van der Waals surface area contributed by atoms with Crippen molar-refractivity contribution in [1.29, 1.82) is 0 Å². The first-order valence-electron chi connectivity index (χ1n) is 6.65. The first-order valence-corrected chi connectivity index (χ1v) is 7.16. The second-order valence-electron chi connectivity index (χ2n) is 4.19. The Balaban J connectivity index is 2.80. The Morgan fingerprint density at radius 3 is 2.79 bits per heavy atom. The molecule has 0 saturated carbocycles. The minimum Gasteiger partial charge on any atom is -0.426 e. The number of esters is 1. The molecular formula is C16H20O2S. The van der Waals surface area contributed by atoms with Gasteiger partial charge in [-0.3, -0.25) is 4.79 Å². The van der Waals surface area contributed by atoms with Crippen LogP contribution in [0, 0.1) is 11.8 Å². The monoisotopic (exact) mass is 276 g/mol. The molecule has 0 bridgehead atoms. The van der Waals surface area contributed by atoms with E-state index in [1.165, 1.54) is 0 Å². The van der Waals surface area contributed by atoms with Gasteiger partial charge in [0.05, 0.1) is 5.25 Å². The predicted molar refractivity (Wildman–Crippen MR) is 81.4 cm³/mol. The molecule has 0 heterocycles. The number of carbonyl (C=O) groups excluding carboxylic acids is 1. The Morgan fingerprint density at radius 1 is 1.37 bits per heavy atom. The van der Waals surface area contributed by atoms with Crippen LogP contribution in [0.1, 0.15) is 50.3 Å². The fourth-order valence-electron chi connectivity index (χ4n) is 1.51. The molecule has 0 aromatic heterocycles. The molecule has 3 heteroatoms. The molecule has 19 heavy (non-hydrogen) atoms. The van der Waals surface area contributed by atoms with E-state index < -0.39 is 0 Å². The van der Waals surface area contributed by atoms with Crippen LogP contribution in [-0.4, -0.2) is 5.97 Å². The van der Waals surface area contributed by atoms with Crippen molar-refractivity contribution in [3.8, 4) is 17.6 Å². The number of hydrogen-bond donors (Lipinski definition) is 1. The van der Waals surface area contributed by atoms with Crippen molar-refractivity contribution in [2.75, 3.05) is 0 Å². The van der Waals surface area contributed by atoms with Gasteiger partial charge in [-0.05, 0) is 12.5 Å². The van der Waals surface area contributed by atoms with Gasteiger partial charge in [-0.2, -0.15) is 12.6 Å². The third kappa shape index (κ3) is 5.40. The van der Waals surface area contributed by atoms with Crippen molar-refractivity contribution in [2.24, 2.45) is 0 Å². The maximum Gasteiger partial charge on any atom is 0.310 e. The number of thiol groups is 1. The summed E-state index contributed by atoms with van der Waals surface area (Å²) in [7, 11) is 0. The standard InChI is InChI=1S/C16H20O2S/c1-3-5-6-7-12-15(19)13-10-8-9-11-14(13)18-16(17)4-2/h8-11,15,19H,3-6H2,1-2H3. The van der Waals surface area contributed by atoms with E-state index in [9.17, 15) is 4.79 Å². The van der Waals surface area contributed by atoms with Crippen LogP contribution in [0.25, 0.3) is 0 Å². The molecule has 0 N–H and O–H groups in total. The summed E-state index contributed by atoms with van der Waals surface area (Å²) >= 11 is 4.48. The van der Waals surface area contributed by atoms with E-state index in [1.807, 2.05) is 18.2 Å². The second kappa shape index (κ2) is 8.66. The molecule has 0 radical (unpaired) electrons. The molecule has 2 nitrogen and oxygen atoms in total. The SMILES string of the molecule is CCCCC#CC(S)c1ccccc1OC(=O)CC. The Labute approximate surface area is 121 Å². The summed E-state index contributed by atoms with van der Waals surface area (Å²) in [6, 6.07) is 7.41. The first-order chi connectivity index (χ1) is 9.19. The van der Waals surface area contributed by atoms with Gasteiger partial charge >= 0.3 is 5.97 Å². The Kier molecular flexibility index (Phi) is 7.14. The van der Waals surface area contributed by atoms with Crippen molar-refractivity contribution in [3.63, 3.8) is 0 Å². The Bertz CT molecular complexity index is 471. The van der Waals surface area contributed by atoms with E-state index in [-0.39, 0.29) is 11.2 Å². The predicted octanol–water partition coefficient (Wildman–Crippen LogP) is 4.17. The zero-order chi connectivity index (χ0) is 14.1. The molecule has 0 fully saturated rings. The topological polar surface area (TPSA) is 26.3 Å². The van der Waals surface area contributed by atoms with Crippen molar-refractivity contribution in [3.05, 3.63) is 29.8 Å². The summed E-state index contributed by atoms with van der Waals surface area (Å²) in [5.74, 6) is 6.51. The van der Waals surface area contributed by atoms with Gasteiger partial charge in [0.1, 0.15) is 5.75 Å². The smallest absolute Gasteiger partial charge is 0.310 e. The maximum absolute atomic E-state index is 11.4. The van der Waals surface area contributed by atoms with Gasteiger partial charge in [-0.25, -0.2) is 0 Å². The summed E-state index contributed by atoms with van der Waals surface area (Å²) in [6.07, 6.45) is 3.47. The highest BCUT2D eigenvalue weighted by Gasteiger charge is 2.12. The fourth-order valence-corrected chi connectivity index (χ4v) is 1.81. The number of rotatable bonds is 5. The molecule has 1 atom stereocenters. The highest BCUT2D eigenvalue weighted by atomic mass is 32.1. The molecule has 1 unspecified atom stereocenters. The van der Waals surface area contributed by atoms with Crippen molar-refractivity contribution < 1.29 is 9.53 Å². The average molecular weight is 276 g/mol. The molecule has 102 valence electrons. The fraction of sp³-hybridized carbons (Fsp3) is 0.438. The van der Waals surface area contributed by atoms with Gasteiger partial charge in [0.25, 0.3) is 0 Å². The number of ether oxygens (including phenoxy) is 1. The molecule has 1 aromatic rings. The summed E-state index contributed by atoms with van der Waals surface area (Å²) < 4.78 is 5.29. The molecule has 0 aliphatic carbocycles. The molecule has 0 saturated heterocycles. The van der Waals surface area contributed by atoms with Gasteiger partial charge in [0.2, 0.25) is 0 Å². The van der Waals surface area contributed by atoms with Crippen LogP contribution in [0.15, 0.2) is 24.3 Å². The lowest BCUT2D eigenvalue weighted by atomic mass is 10.1. The van der Waals surface area contributed by atoms with Gasteiger partial charge in [0.15, 0.2) is 0 Å². The van der Waals surface area contributed by atoms with Crippen LogP contribution in [0.3, 0.4) is 0 Å².